The second-order valence-corrected chi connectivity index (χ2v) is 4.20. The molecule has 2 rings (SSSR count). The normalized spacial score (nSPS) is 23.7. The number of aromatic nitrogens is 1. The van der Waals surface area contributed by atoms with Crippen molar-refractivity contribution in [3.05, 3.63) is 29.6 Å². The average Bonchev–Trinajstić information content (AvgIpc) is 2.18. The van der Waals surface area contributed by atoms with Crippen LogP contribution in [0.4, 0.5) is 0 Å². The van der Waals surface area contributed by atoms with E-state index in [-0.39, 0.29) is 0 Å². The van der Waals surface area contributed by atoms with Gasteiger partial charge in [-0.2, -0.15) is 0 Å². The van der Waals surface area contributed by atoms with Crippen molar-refractivity contribution in [3.63, 3.8) is 0 Å². The molecule has 1 aliphatic rings. The number of nitrogens with zero attached hydrogens (tertiary/aromatic N) is 2. The van der Waals surface area contributed by atoms with Gasteiger partial charge < -0.3 is 0 Å². The van der Waals surface area contributed by atoms with Gasteiger partial charge in [-0.3, -0.25) is 9.88 Å². The second-order valence-electron chi connectivity index (χ2n) is 4.20. The Bertz CT molecular complexity index is 309. The summed E-state index contributed by atoms with van der Waals surface area (Å²) in [7, 11) is 2.20. The highest BCUT2D eigenvalue weighted by Gasteiger charge is 2.21. The number of aryl methyl sites for hydroxylation is 1. The van der Waals surface area contributed by atoms with E-state index in [0.717, 1.165) is 5.69 Å². The van der Waals surface area contributed by atoms with Crippen LogP contribution in [0.5, 0.6) is 0 Å². The summed E-state index contributed by atoms with van der Waals surface area (Å²) in [5.74, 6) is 0. The van der Waals surface area contributed by atoms with Crippen LogP contribution in [0, 0.1) is 6.92 Å². The fraction of sp³-hybridized carbons (Fsp3) is 0.583. The van der Waals surface area contributed by atoms with Gasteiger partial charge in [-0.05, 0) is 45.5 Å². The van der Waals surface area contributed by atoms with E-state index in [0.29, 0.717) is 6.04 Å². The summed E-state index contributed by atoms with van der Waals surface area (Å²) in [6, 6.07) is 6.87. The Morgan fingerprint density at radius 3 is 2.93 bits per heavy atom. The van der Waals surface area contributed by atoms with Gasteiger partial charge in [0.15, 0.2) is 0 Å². The third-order valence-electron chi connectivity index (χ3n) is 3.02. The van der Waals surface area contributed by atoms with Crippen molar-refractivity contribution in [3.8, 4) is 0 Å². The van der Waals surface area contributed by atoms with Crippen molar-refractivity contribution in [2.75, 3.05) is 13.6 Å². The molecule has 1 aromatic rings. The molecule has 76 valence electrons. The third kappa shape index (κ3) is 1.95. The minimum absolute atomic E-state index is 0.545. The van der Waals surface area contributed by atoms with E-state index in [1.165, 1.54) is 31.5 Å². The van der Waals surface area contributed by atoms with Gasteiger partial charge in [-0.1, -0.05) is 12.5 Å². The van der Waals surface area contributed by atoms with E-state index in [1.807, 2.05) is 0 Å². The summed E-state index contributed by atoms with van der Waals surface area (Å²) in [6.07, 6.45) is 3.93. The van der Waals surface area contributed by atoms with Gasteiger partial charge in [0.1, 0.15) is 0 Å². The maximum atomic E-state index is 4.61. The van der Waals surface area contributed by atoms with Gasteiger partial charge >= 0.3 is 0 Å². The number of hydrogen-bond acceptors (Lipinski definition) is 2. The molecule has 0 spiro atoms. The summed E-state index contributed by atoms with van der Waals surface area (Å²) >= 11 is 0. The highest BCUT2D eigenvalue weighted by atomic mass is 15.1. The first-order valence-electron chi connectivity index (χ1n) is 5.41. The quantitative estimate of drug-likeness (QED) is 0.676. The zero-order chi connectivity index (χ0) is 9.97. The van der Waals surface area contributed by atoms with Crippen LogP contribution in [-0.2, 0) is 0 Å². The Labute approximate surface area is 86.0 Å². The summed E-state index contributed by atoms with van der Waals surface area (Å²) in [5, 5.41) is 0. The number of hydrogen-bond donors (Lipinski definition) is 0. The first-order chi connectivity index (χ1) is 6.77. The van der Waals surface area contributed by atoms with Crippen LogP contribution < -0.4 is 0 Å². The molecule has 1 fully saturated rings. The van der Waals surface area contributed by atoms with Gasteiger partial charge in [0.2, 0.25) is 0 Å². The first-order valence-corrected chi connectivity index (χ1v) is 5.41. The van der Waals surface area contributed by atoms with Crippen molar-refractivity contribution in [2.45, 2.75) is 32.2 Å². The molecule has 0 aromatic carbocycles. The number of piperidine rings is 1. The molecule has 1 aliphatic heterocycles. The molecule has 2 heterocycles. The van der Waals surface area contributed by atoms with Gasteiger partial charge in [0, 0.05) is 5.69 Å². The molecule has 1 atom stereocenters. The minimum Gasteiger partial charge on any atom is -0.298 e. The summed E-state index contributed by atoms with van der Waals surface area (Å²) in [5.41, 5.74) is 2.37. The Balaban J connectivity index is 2.20. The Kier molecular flexibility index (Phi) is 2.82. The molecule has 1 saturated heterocycles. The fourth-order valence-electron chi connectivity index (χ4n) is 2.20. The van der Waals surface area contributed by atoms with Gasteiger partial charge in [0.25, 0.3) is 0 Å². The molecule has 0 amide bonds. The lowest BCUT2D eigenvalue weighted by atomic mass is 9.99. The summed E-state index contributed by atoms with van der Waals surface area (Å²) in [4.78, 5) is 7.03. The van der Waals surface area contributed by atoms with E-state index in [9.17, 15) is 0 Å². The van der Waals surface area contributed by atoms with Crippen molar-refractivity contribution in [1.82, 2.24) is 9.88 Å². The van der Waals surface area contributed by atoms with Crippen LogP contribution in [-0.4, -0.2) is 23.5 Å². The minimum atomic E-state index is 0.545. The predicted molar refractivity (Wildman–Crippen MR) is 58.2 cm³/mol. The van der Waals surface area contributed by atoms with Crippen LogP contribution in [0.25, 0.3) is 0 Å². The SMILES string of the molecule is Cc1cccc([C@H]2CCCCN2C)n1. The van der Waals surface area contributed by atoms with Gasteiger partial charge in [-0.15, -0.1) is 0 Å². The fourth-order valence-corrected chi connectivity index (χ4v) is 2.20. The maximum Gasteiger partial charge on any atom is 0.0578 e. The molecule has 0 radical (unpaired) electrons. The third-order valence-corrected chi connectivity index (χ3v) is 3.02. The second kappa shape index (κ2) is 4.09. The molecule has 0 saturated carbocycles. The van der Waals surface area contributed by atoms with Crippen LogP contribution in [0.2, 0.25) is 0 Å². The largest absolute Gasteiger partial charge is 0.298 e. The highest BCUT2D eigenvalue weighted by molar-refractivity contribution is 5.14. The Morgan fingerprint density at radius 1 is 1.36 bits per heavy atom. The molecule has 1 aromatic heterocycles. The standard InChI is InChI=1S/C12H18N2/c1-10-6-5-7-11(13-10)12-8-3-4-9-14(12)2/h5-7,12H,3-4,8-9H2,1-2H3/t12-/m1/s1. The summed E-state index contributed by atoms with van der Waals surface area (Å²) in [6.45, 7) is 3.27. The van der Waals surface area contributed by atoms with E-state index in [4.69, 9.17) is 0 Å². The lowest BCUT2D eigenvalue weighted by molar-refractivity contribution is 0.183. The molecular formula is C12H18N2. The molecular weight excluding hydrogens is 172 g/mol. The van der Waals surface area contributed by atoms with Crippen molar-refractivity contribution >= 4 is 0 Å². The monoisotopic (exact) mass is 190 g/mol. The molecule has 2 heteroatoms. The number of likely N-dealkylation sites (tertiary alicyclic amines) is 1. The van der Waals surface area contributed by atoms with Crippen molar-refractivity contribution in [1.29, 1.82) is 0 Å². The predicted octanol–water partition coefficient (Wildman–Crippen LogP) is 2.55. The van der Waals surface area contributed by atoms with E-state index >= 15 is 0 Å². The Morgan fingerprint density at radius 2 is 2.21 bits per heavy atom. The lowest BCUT2D eigenvalue weighted by Crippen LogP contribution is -2.30. The van der Waals surface area contributed by atoms with Crippen molar-refractivity contribution in [2.24, 2.45) is 0 Å². The topological polar surface area (TPSA) is 16.1 Å². The van der Waals surface area contributed by atoms with E-state index < -0.39 is 0 Å². The zero-order valence-electron chi connectivity index (χ0n) is 9.03. The first kappa shape index (κ1) is 9.66. The maximum absolute atomic E-state index is 4.61. The Hall–Kier alpha value is -0.890. The van der Waals surface area contributed by atoms with Crippen LogP contribution in [0.3, 0.4) is 0 Å². The number of rotatable bonds is 1. The number of pyridine rings is 1. The van der Waals surface area contributed by atoms with Crippen LogP contribution in [0.15, 0.2) is 18.2 Å². The van der Waals surface area contributed by atoms with Gasteiger partial charge in [-0.25, -0.2) is 0 Å². The van der Waals surface area contributed by atoms with Crippen molar-refractivity contribution < 1.29 is 0 Å². The molecule has 0 unspecified atom stereocenters. The van der Waals surface area contributed by atoms with E-state index in [1.54, 1.807) is 0 Å². The lowest BCUT2D eigenvalue weighted by Gasteiger charge is -2.32. The van der Waals surface area contributed by atoms with Crippen LogP contribution in [0.1, 0.15) is 36.7 Å². The molecule has 0 aliphatic carbocycles. The zero-order valence-corrected chi connectivity index (χ0v) is 9.03. The van der Waals surface area contributed by atoms with E-state index in [2.05, 4.69) is 42.1 Å². The molecule has 2 nitrogen and oxygen atoms in total. The summed E-state index contributed by atoms with van der Waals surface area (Å²) < 4.78 is 0. The molecule has 14 heavy (non-hydrogen) atoms. The van der Waals surface area contributed by atoms with Gasteiger partial charge in [0.05, 0.1) is 11.7 Å². The highest BCUT2D eigenvalue weighted by Crippen LogP contribution is 2.27. The average molecular weight is 190 g/mol. The smallest absolute Gasteiger partial charge is 0.0578 e. The molecule has 0 N–H and O–H groups in total. The molecule has 0 bridgehead atoms. The van der Waals surface area contributed by atoms with Crippen LogP contribution >= 0.6 is 0 Å².